The Balaban J connectivity index is 1.88. The second kappa shape index (κ2) is 6.39. The fourth-order valence-electron chi connectivity index (χ4n) is 2.93. The lowest BCUT2D eigenvalue weighted by Crippen LogP contribution is -2.25. The maximum absolute atomic E-state index is 4.71. The Morgan fingerprint density at radius 3 is 2.62 bits per heavy atom. The fourth-order valence-corrected chi connectivity index (χ4v) is 2.93. The summed E-state index contributed by atoms with van der Waals surface area (Å²) in [6.45, 7) is 6.08. The molecule has 21 heavy (non-hydrogen) atoms. The van der Waals surface area contributed by atoms with Gasteiger partial charge in [-0.05, 0) is 32.9 Å². The first-order valence-electron chi connectivity index (χ1n) is 7.93. The Morgan fingerprint density at radius 2 is 1.90 bits per heavy atom. The van der Waals surface area contributed by atoms with E-state index in [1.807, 2.05) is 17.9 Å². The van der Waals surface area contributed by atoms with E-state index in [0.717, 1.165) is 48.9 Å². The molecule has 3 rings (SSSR count). The molecule has 1 fully saturated rings. The standard InChI is InChI=1S/C15H24N6/c1-3-16-14-12-10-17-20(2)15(12)19-13(18-14)11-21-8-6-4-5-7-9-21/h10H,3-9,11H2,1-2H3,(H,16,18,19). The number of aromatic nitrogens is 4. The number of nitrogens with one attached hydrogen (secondary N) is 1. The highest BCUT2D eigenvalue weighted by Gasteiger charge is 2.15. The van der Waals surface area contributed by atoms with Gasteiger partial charge in [-0.25, -0.2) is 9.97 Å². The van der Waals surface area contributed by atoms with Gasteiger partial charge in [-0.15, -0.1) is 0 Å². The monoisotopic (exact) mass is 288 g/mol. The summed E-state index contributed by atoms with van der Waals surface area (Å²) >= 11 is 0. The molecule has 6 nitrogen and oxygen atoms in total. The maximum Gasteiger partial charge on any atom is 0.163 e. The van der Waals surface area contributed by atoms with Crippen molar-refractivity contribution in [3.05, 3.63) is 12.0 Å². The third kappa shape index (κ3) is 3.15. The zero-order valence-electron chi connectivity index (χ0n) is 13.0. The van der Waals surface area contributed by atoms with Crippen LogP contribution in [0.15, 0.2) is 6.20 Å². The van der Waals surface area contributed by atoms with Gasteiger partial charge in [-0.2, -0.15) is 5.10 Å². The minimum absolute atomic E-state index is 0.833. The van der Waals surface area contributed by atoms with Gasteiger partial charge in [0.25, 0.3) is 0 Å². The number of likely N-dealkylation sites (tertiary alicyclic amines) is 1. The van der Waals surface area contributed by atoms with Crippen LogP contribution in [0.4, 0.5) is 5.82 Å². The smallest absolute Gasteiger partial charge is 0.163 e. The summed E-state index contributed by atoms with van der Waals surface area (Å²) < 4.78 is 1.82. The highest BCUT2D eigenvalue weighted by atomic mass is 15.3. The normalized spacial score (nSPS) is 17.0. The predicted octanol–water partition coefficient (Wildman–Crippen LogP) is 2.17. The van der Waals surface area contributed by atoms with Crippen LogP contribution in [0.25, 0.3) is 11.0 Å². The van der Waals surface area contributed by atoms with Crippen LogP contribution >= 0.6 is 0 Å². The molecule has 0 atom stereocenters. The second-order valence-electron chi connectivity index (χ2n) is 5.71. The SMILES string of the molecule is CCNc1nc(CN2CCCCCC2)nc2c1cnn2C. The quantitative estimate of drug-likeness (QED) is 0.934. The molecule has 0 radical (unpaired) electrons. The molecule has 1 aliphatic heterocycles. The van der Waals surface area contributed by atoms with Crippen molar-refractivity contribution in [3.63, 3.8) is 0 Å². The van der Waals surface area contributed by atoms with Crippen LogP contribution in [0, 0.1) is 0 Å². The van der Waals surface area contributed by atoms with Crippen molar-refractivity contribution in [2.45, 2.75) is 39.2 Å². The number of hydrogen-bond acceptors (Lipinski definition) is 5. The molecular formula is C15H24N6. The number of rotatable bonds is 4. The second-order valence-corrected chi connectivity index (χ2v) is 5.71. The Labute approximate surface area is 125 Å². The molecule has 0 unspecified atom stereocenters. The number of nitrogens with zero attached hydrogens (tertiary/aromatic N) is 5. The van der Waals surface area contributed by atoms with Crippen LogP contribution in [0.5, 0.6) is 0 Å². The van der Waals surface area contributed by atoms with Crippen molar-refractivity contribution >= 4 is 16.9 Å². The summed E-state index contributed by atoms with van der Waals surface area (Å²) in [5.41, 5.74) is 0.908. The van der Waals surface area contributed by atoms with Crippen molar-refractivity contribution in [2.75, 3.05) is 25.0 Å². The molecule has 2 aromatic heterocycles. The minimum Gasteiger partial charge on any atom is -0.370 e. The molecule has 0 aromatic carbocycles. The lowest BCUT2D eigenvalue weighted by molar-refractivity contribution is 0.270. The Morgan fingerprint density at radius 1 is 1.14 bits per heavy atom. The highest BCUT2D eigenvalue weighted by molar-refractivity contribution is 5.86. The van der Waals surface area contributed by atoms with E-state index in [2.05, 4.69) is 22.2 Å². The van der Waals surface area contributed by atoms with E-state index in [1.54, 1.807) is 0 Å². The molecule has 0 spiro atoms. The molecular weight excluding hydrogens is 264 g/mol. The number of hydrogen-bond donors (Lipinski definition) is 1. The van der Waals surface area contributed by atoms with Gasteiger partial charge < -0.3 is 5.32 Å². The zero-order chi connectivity index (χ0) is 14.7. The van der Waals surface area contributed by atoms with Gasteiger partial charge >= 0.3 is 0 Å². The van der Waals surface area contributed by atoms with Gasteiger partial charge in [0.05, 0.1) is 18.1 Å². The van der Waals surface area contributed by atoms with Gasteiger partial charge in [0.15, 0.2) is 5.65 Å². The van der Waals surface area contributed by atoms with Gasteiger partial charge in [-0.1, -0.05) is 12.8 Å². The summed E-state index contributed by atoms with van der Waals surface area (Å²) in [4.78, 5) is 11.9. The van der Waals surface area contributed by atoms with E-state index >= 15 is 0 Å². The van der Waals surface area contributed by atoms with Gasteiger partial charge in [0.2, 0.25) is 0 Å². The van der Waals surface area contributed by atoms with Crippen molar-refractivity contribution in [3.8, 4) is 0 Å². The van der Waals surface area contributed by atoms with E-state index in [4.69, 9.17) is 9.97 Å². The molecule has 6 heteroatoms. The average molecular weight is 288 g/mol. The summed E-state index contributed by atoms with van der Waals surface area (Å²) in [6.07, 6.45) is 7.10. The first-order valence-corrected chi connectivity index (χ1v) is 7.93. The molecule has 114 valence electrons. The Bertz CT molecular complexity index is 597. The molecule has 1 saturated heterocycles. The number of fused-ring (bicyclic) bond motifs is 1. The topological polar surface area (TPSA) is 58.9 Å². The first-order chi connectivity index (χ1) is 10.3. The van der Waals surface area contributed by atoms with E-state index in [1.165, 1.54) is 25.7 Å². The molecule has 0 bridgehead atoms. The third-order valence-corrected chi connectivity index (χ3v) is 4.05. The first kappa shape index (κ1) is 14.3. The van der Waals surface area contributed by atoms with Crippen molar-refractivity contribution in [1.82, 2.24) is 24.6 Å². The summed E-state index contributed by atoms with van der Waals surface area (Å²) in [7, 11) is 1.93. The van der Waals surface area contributed by atoms with Gasteiger partial charge in [-0.3, -0.25) is 9.58 Å². The van der Waals surface area contributed by atoms with Crippen LogP contribution < -0.4 is 5.32 Å². The fraction of sp³-hybridized carbons (Fsp3) is 0.667. The van der Waals surface area contributed by atoms with Crippen LogP contribution in [0.2, 0.25) is 0 Å². The molecule has 0 aliphatic carbocycles. The zero-order valence-corrected chi connectivity index (χ0v) is 13.0. The summed E-state index contributed by atoms with van der Waals surface area (Å²) in [6, 6.07) is 0. The minimum atomic E-state index is 0.833. The highest BCUT2D eigenvalue weighted by Crippen LogP contribution is 2.20. The predicted molar refractivity (Wildman–Crippen MR) is 84.2 cm³/mol. The molecule has 1 N–H and O–H groups in total. The van der Waals surface area contributed by atoms with E-state index in [0.29, 0.717) is 0 Å². The van der Waals surface area contributed by atoms with E-state index < -0.39 is 0 Å². The molecule has 2 aromatic rings. The lowest BCUT2D eigenvalue weighted by atomic mass is 10.2. The lowest BCUT2D eigenvalue weighted by Gasteiger charge is -2.19. The summed E-state index contributed by atoms with van der Waals surface area (Å²) in [5, 5.41) is 8.63. The Kier molecular flexibility index (Phi) is 4.34. The largest absolute Gasteiger partial charge is 0.370 e. The van der Waals surface area contributed by atoms with Crippen LogP contribution in [-0.2, 0) is 13.6 Å². The number of aryl methyl sites for hydroxylation is 1. The molecule has 0 saturated carbocycles. The molecule has 0 amide bonds. The van der Waals surface area contributed by atoms with Crippen LogP contribution in [0.1, 0.15) is 38.4 Å². The van der Waals surface area contributed by atoms with E-state index in [9.17, 15) is 0 Å². The van der Waals surface area contributed by atoms with Crippen molar-refractivity contribution in [1.29, 1.82) is 0 Å². The van der Waals surface area contributed by atoms with Gasteiger partial charge in [0, 0.05) is 13.6 Å². The van der Waals surface area contributed by atoms with Crippen LogP contribution in [-0.4, -0.2) is 44.3 Å². The maximum atomic E-state index is 4.71. The van der Waals surface area contributed by atoms with E-state index in [-0.39, 0.29) is 0 Å². The van der Waals surface area contributed by atoms with Crippen molar-refractivity contribution in [2.24, 2.45) is 7.05 Å². The number of anilines is 1. The third-order valence-electron chi connectivity index (χ3n) is 4.05. The summed E-state index contributed by atoms with van der Waals surface area (Å²) in [5.74, 6) is 1.80. The van der Waals surface area contributed by atoms with Crippen LogP contribution in [0.3, 0.4) is 0 Å². The van der Waals surface area contributed by atoms with Gasteiger partial charge in [0.1, 0.15) is 11.6 Å². The molecule has 1 aliphatic rings. The molecule has 3 heterocycles. The average Bonchev–Trinajstić information content (AvgIpc) is 2.69. The Hall–Kier alpha value is -1.69. The van der Waals surface area contributed by atoms with Crippen molar-refractivity contribution < 1.29 is 0 Å².